The third-order valence-corrected chi connectivity index (χ3v) is 4.99. The van der Waals surface area contributed by atoms with E-state index < -0.39 is 17.6 Å². The number of methoxy groups -OCH3 is 2. The fraction of sp³-hybridized carbons (Fsp3) is 0.250. The molecule has 0 aliphatic rings. The van der Waals surface area contributed by atoms with Crippen molar-refractivity contribution in [2.45, 2.75) is 11.9 Å². The zero-order valence-corrected chi connectivity index (χ0v) is 17.3. The van der Waals surface area contributed by atoms with Crippen LogP contribution >= 0.6 is 11.8 Å². The molecule has 164 valence electrons. The average Bonchev–Trinajstić information content (AvgIpc) is 3.21. The molecule has 31 heavy (non-hydrogen) atoms. The first-order valence-corrected chi connectivity index (χ1v) is 10.1. The highest BCUT2D eigenvalue weighted by molar-refractivity contribution is 7.99. The Kier molecular flexibility index (Phi) is 7.06. The van der Waals surface area contributed by atoms with Gasteiger partial charge in [-0.1, -0.05) is 17.3 Å². The Labute approximate surface area is 179 Å². The third-order valence-electron chi connectivity index (χ3n) is 4.08. The molecule has 0 spiro atoms. The first kappa shape index (κ1) is 22.5. The van der Waals surface area contributed by atoms with Gasteiger partial charge in [-0.3, -0.25) is 4.79 Å². The molecular formula is C20H18F3N3O4S. The molecule has 0 aliphatic carbocycles. The number of carbonyl (C=O) groups is 1. The monoisotopic (exact) mass is 453 g/mol. The van der Waals surface area contributed by atoms with Gasteiger partial charge in [-0.25, -0.2) is 0 Å². The number of thioether (sulfide) groups is 1. The van der Waals surface area contributed by atoms with E-state index in [9.17, 15) is 18.0 Å². The summed E-state index contributed by atoms with van der Waals surface area (Å²) in [5.74, 6) is 1.24. The van der Waals surface area contributed by atoms with E-state index >= 15 is 0 Å². The van der Waals surface area contributed by atoms with E-state index in [1.165, 1.54) is 32.4 Å². The normalized spacial score (nSPS) is 11.3. The number of benzene rings is 2. The second-order valence-electron chi connectivity index (χ2n) is 6.17. The van der Waals surface area contributed by atoms with Crippen LogP contribution in [0.3, 0.4) is 0 Å². The van der Waals surface area contributed by atoms with E-state index in [0.717, 1.165) is 17.8 Å². The number of para-hydroxylation sites is 1. The molecule has 0 atom stereocenters. The lowest BCUT2D eigenvalue weighted by atomic mass is 10.1. The largest absolute Gasteiger partial charge is 0.493 e. The molecular weight excluding hydrogens is 435 g/mol. The maximum atomic E-state index is 13.0. The molecule has 0 fully saturated rings. The fourth-order valence-electron chi connectivity index (χ4n) is 2.66. The summed E-state index contributed by atoms with van der Waals surface area (Å²) in [4.78, 5) is 16.3. The molecule has 0 saturated carbocycles. The molecule has 2 aromatic carbocycles. The first-order chi connectivity index (χ1) is 14.8. The Morgan fingerprint density at radius 1 is 1.13 bits per heavy atom. The summed E-state index contributed by atoms with van der Waals surface area (Å²) < 4.78 is 54.6. The summed E-state index contributed by atoms with van der Waals surface area (Å²) in [6.07, 6.45) is -4.55. The van der Waals surface area contributed by atoms with Crippen LogP contribution in [-0.2, 0) is 16.7 Å². The Morgan fingerprint density at radius 2 is 1.87 bits per heavy atom. The van der Waals surface area contributed by atoms with Crippen LogP contribution < -0.4 is 14.8 Å². The quantitative estimate of drug-likeness (QED) is 0.532. The van der Waals surface area contributed by atoms with Gasteiger partial charge >= 0.3 is 6.18 Å². The minimum Gasteiger partial charge on any atom is -0.493 e. The number of aromatic nitrogens is 2. The average molecular weight is 453 g/mol. The number of carbonyl (C=O) groups excluding carboxylic acids is 1. The van der Waals surface area contributed by atoms with Crippen LogP contribution in [0.5, 0.6) is 11.5 Å². The molecule has 7 nitrogen and oxygen atoms in total. The van der Waals surface area contributed by atoms with Crippen molar-refractivity contribution >= 4 is 23.4 Å². The zero-order chi connectivity index (χ0) is 22.4. The molecule has 0 bridgehead atoms. The number of nitrogens with one attached hydrogen (secondary N) is 1. The topological polar surface area (TPSA) is 86.5 Å². The fourth-order valence-corrected chi connectivity index (χ4v) is 3.31. The summed E-state index contributed by atoms with van der Waals surface area (Å²) in [5.41, 5.74) is -0.530. The number of ether oxygens (including phenoxy) is 2. The highest BCUT2D eigenvalue weighted by Crippen LogP contribution is 2.35. The van der Waals surface area contributed by atoms with Crippen LogP contribution in [0, 0.1) is 0 Å². The number of halogens is 3. The van der Waals surface area contributed by atoms with E-state index in [2.05, 4.69) is 15.5 Å². The summed E-state index contributed by atoms with van der Waals surface area (Å²) in [6, 6.07) is 9.96. The number of rotatable bonds is 8. The van der Waals surface area contributed by atoms with Gasteiger partial charge < -0.3 is 19.3 Å². The van der Waals surface area contributed by atoms with Crippen molar-refractivity contribution in [3.05, 3.63) is 53.9 Å². The van der Waals surface area contributed by atoms with Gasteiger partial charge in [-0.05, 0) is 30.3 Å². The van der Waals surface area contributed by atoms with Crippen LogP contribution in [0.15, 0.2) is 47.0 Å². The second-order valence-corrected chi connectivity index (χ2v) is 7.15. The van der Waals surface area contributed by atoms with Gasteiger partial charge in [0, 0.05) is 5.56 Å². The van der Waals surface area contributed by atoms with Crippen LogP contribution in [0.4, 0.5) is 18.9 Å². The minimum absolute atomic E-state index is 0.0831. The SMILES string of the molecule is COc1ccc(-c2noc(CSCC(=O)Nc3ccccc3C(F)(F)F)n2)cc1OC. The molecule has 0 unspecified atom stereocenters. The standard InChI is InChI=1S/C20H18F3N3O4S/c1-28-15-8-7-12(9-16(15)29-2)19-25-18(30-26-19)11-31-10-17(27)24-14-6-4-3-5-13(14)20(21,22)23/h3-9H,10-11H2,1-2H3,(H,24,27). The summed E-state index contributed by atoms with van der Waals surface area (Å²) in [6.45, 7) is 0. The molecule has 3 aromatic rings. The molecule has 11 heteroatoms. The zero-order valence-electron chi connectivity index (χ0n) is 16.5. The number of anilines is 1. The molecule has 0 aliphatic heterocycles. The van der Waals surface area contributed by atoms with Crippen molar-refractivity contribution in [3.8, 4) is 22.9 Å². The van der Waals surface area contributed by atoms with E-state index in [0.29, 0.717) is 22.9 Å². The van der Waals surface area contributed by atoms with Gasteiger partial charge in [0.2, 0.25) is 17.6 Å². The maximum Gasteiger partial charge on any atom is 0.418 e. The van der Waals surface area contributed by atoms with Crippen LogP contribution in [0.2, 0.25) is 0 Å². The van der Waals surface area contributed by atoms with Gasteiger partial charge in [0.15, 0.2) is 11.5 Å². The van der Waals surface area contributed by atoms with E-state index in [1.807, 2.05) is 0 Å². The Hall–Kier alpha value is -3.21. The summed E-state index contributed by atoms with van der Waals surface area (Å²) in [5, 5.41) is 6.19. The lowest BCUT2D eigenvalue weighted by molar-refractivity contribution is -0.137. The predicted octanol–water partition coefficient (Wildman–Crippen LogP) is 4.64. The van der Waals surface area contributed by atoms with Gasteiger partial charge in [-0.2, -0.15) is 18.2 Å². The van der Waals surface area contributed by atoms with Crippen LogP contribution in [0.25, 0.3) is 11.4 Å². The van der Waals surface area contributed by atoms with Crippen molar-refractivity contribution in [1.29, 1.82) is 0 Å². The van der Waals surface area contributed by atoms with Gasteiger partial charge in [-0.15, -0.1) is 11.8 Å². The van der Waals surface area contributed by atoms with Crippen molar-refractivity contribution in [3.63, 3.8) is 0 Å². The second kappa shape index (κ2) is 9.73. The van der Waals surface area contributed by atoms with E-state index in [1.54, 1.807) is 18.2 Å². The molecule has 0 radical (unpaired) electrons. The van der Waals surface area contributed by atoms with Crippen LogP contribution in [-0.4, -0.2) is 36.0 Å². The maximum absolute atomic E-state index is 13.0. The van der Waals surface area contributed by atoms with Crippen LogP contribution in [0.1, 0.15) is 11.5 Å². The molecule has 1 amide bonds. The third kappa shape index (κ3) is 5.69. The first-order valence-electron chi connectivity index (χ1n) is 8.90. The van der Waals surface area contributed by atoms with Crippen molar-refractivity contribution < 1.29 is 32.0 Å². The smallest absolute Gasteiger partial charge is 0.418 e. The number of nitrogens with zero attached hydrogens (tertiary/aromatic N) is 2. The van der Waals surface area contributed by atoms with Gasteiger partial charge in [0.25, 0.3) is 0 Å². The van der Waals surface area contributed by atoms with E-state index in [-0.39, 0.29) is 23.1 Å². The number of hydrogen-bond acceptors (Lipinski definition) is 7. The highest BCUT2D eigenvalue weighted by atomic mass is 32.2. The molecule has 1 heterocycles. The lowest BCUT2D eigenvalue weighted by Gasteiger charge is -2.13. The Balaban J connectivity index is 1.57. The summed E-state index contributed by atoms with van der Waals surface area (Å²) in [7, 11) is 3.04. The lowest BCUT2D eigenvalue weighted by Crippen LogP contribution is -2.18. The van der Waals surface area contributed by atoms with Crippen molar-refractivity contribution in [2.24, 2.45) is 0 Å². The number of hydrogen-bond donors (Lipinski definition) is 1. The minimum atomic E-state index is -4.55. The van der Waals surface area contributed by atoms with E-state index in [4.69, 9.17) is 14.0 Å². The molecule has 1 N–H and O–H groups in total. The summed E-state index contributed by atoms with van der Waals surface area (Å²) >= 11 is 1.14. The highest BCUT2D eigenvalue weighted by Gasteiger charge is 2.33. The van der Waals surface area contributed by atoms with Gasteiger partial charge in [0.1, 0.15) is 0 Å². The van der Waals surface area contributed by atoms with Crippen molar-refractivity contribution in [1.82, 2.24) is 10.1 Å². The van der Waals surface area contributed by atoms with Crippen molar-refractivity contribution in [2.75, 3.05) is 25.3 Å². The molecule has 0 saturated heterocycles. The Bertz CT molecular complexity index is 1060. The predicted molar refractivity (Wildman–Crippen MR) is 109 cm³/mol. The Morgan fingerprint density at radius 3 is 2.58 bits per heavy atom. The van der Waals surface area contributed by atoms with Gasteiger partial charge in [0.05, 0.1) is 37.0 Å². The molecule has 1 aromatic heterocycles. The number of amides is 1. The number of alkyl halides is 3. The molecule has 3 rings (SSSR count).